The molecule has 1 aromatic carbocycles. The van der Waals surface area contributed by atoms with Crippen LogP contribution in [-0.4, -0.2) is 0 Å². The molecule has 0 atom stereocenters. The van der Waals surface area contributed by atoms with Crippen LogP contribution in [0.5, 0.6) is 0 Å². The number of hydrogen-bond donors (Lipinski definition) is 0. The second kappa shape index (κ2) is 6.85. The van der Waals surface area contributed by atoms with Crippen molar-refractivity contribution in [3.63, 3.8) is 0 Å². The lowest BCUT2D eigenvalue weighted by Gasteiger charge is -2.22. The molecule has 25 heavy (non-hydrogen) atoms. The first-order valence-electron chi connectivity index (χ1n) is 7.01. The van der Waals surface area contributed by atoms with Crippen LogP contribution in [0.3, 0.4) is 0 Å². The molecule has 6 nitrogen and oxygen atoms in total. The molecule has 0 saturated heterocycles. The second-order valence-corrected chi connectivity index (χ2v) is 5.08. The van der Waals surface area contributed by atoms with E-state index >= 15 is 0 Å². The zero-order valence-corrected chi connectivity index (χ0v) is 13.4. The molecule has 2 rings (SSSR count). The Morgan fingerprint density at radius 2 is 1.44 bits per heavy atom. The van der Waals surface area contributed by atoms with Gasteiger partial charge in [0.1, 0.15) is 29.2 Å². The van der Waals surface area contributed by atoms with Crippen molar-refractivity contribution < 1.29 is 4.74 Å². The Bertz CT molecular complexity index is 1030. The minimum Gasteiger partial charge on any atom is -0.466 e. The van der Waals surface area contributed by atoms with Crippen LogP contribution in [0.1, 0.15) is 36.1 Å². The summed E-state index contributed by atoms with van der Waals surface area (Å²) in [4.78, 5) is 0. The quantitative estimate of drug-likeness (QED) is 0.729. The van der Waals surface area contributed by atoms with Crippen LogP contribution < -0.4 is 0 Å². The van der Waals surface area contributed by atoms with Gasteiger partial charge in [-0.1, -0.05) is 0 Å². The Balaban J connectivity index is 2.98. The van der Waals surface area contributed by atoms with Gasteiger partial charge in [0.2, 0.25) is 0 Å². The van der Waals surface area contributed by atoms with Gasteiger partial charge >= 0.3 is 0 Å². The highest BCUT2D eigenvalue weighted by atomic mass is 16.5. The molecule has 116 valence electrons. The Hall–Kier alpha value is -4.31. The van der Waals surface area contributed by atoms with Crippen molar-refractivity contribution in [1.29, 1.82) is 26.3 Å². The van der Waals surface area contributed by atoms with E-state index in [1.165, 1.54) is 18.2 Å². The van der Waals surface area contributed by atoms with Crippen LogP contribution in [0.15, 0.2) is 40.9 Å². The van der Waals surface area contributed by atoms with E-state index in [-0.39, 0.29) is 33.4 Å². The second-order valence-electron chi connectivity index (χ2n) is 5.08. The summed E-state index contributed by atoms with van der Waals surface area (Å²) in [5.41, 5.74) is 1.04. The summed E-state index contributed by atoms with van der Waals surface area (Å²) in [6, 6.07) is 12.2. The molecule has 0 saturated carbocycles. The standard InChI is InChI=1S/C19H9N5O/c1-11-3-17(16(9-23)10-24)18(12(2)25-11)19-14(7-21)4-13(6-20)5-15(19)8-22/h3-5H,1-2H3. The van der Waals surface area contributed by atoms with E-state index in [1.54, 1.807) is 13.8 Å². The van der Waals surface area contributed by atoms with Gasteiger partial charge < -0.3 is 4.74 Å². The average Bonchev–Trinajstić information content (AvgIpc) is 2.61. The lowest BCUT2D eigenvalue weighted by Crippen LogP contribution is -2.07. The molecule has 1 aliphatic rings. The van der Waals surface area contributed by atoms with Gasteiger partial charge in [0.15, 0.2) is 0 Å². The number of nitrogens with zero attached hydrogens (tertiary/aromatic N) is 5. The fourth-order valence-corrected chi connectivity index (χ4v) is 2.59. The van der Waals surface area contributed by atoms with Crippen LogP contribution in [0, 0.1) is 56.7 Å². The van der Waals surface area contributed by atoms with Crippen LogP contribution in [0.4, 0.5) is 0 Å². The molecule has 0 spiro atoms. The van der Waals surface area contributed by atoms with Crippen molar-refractivity contribution in [3.8, 4) is 30.3 Å². The zero-order chi connectivity index (χ0) is 18.6. The van der Waals surface area contributed by atoms with Crippen molar-refractivity contribution in [3.05, 3.63) is 63.1 Å². The highest BCUT2D eigenvalue weighted by Gasteiger charge is 2.26. The predicted molar refractivity (Wildman–Crippen MR) is 86.3 cm³/mol. The highest BCUT2D eigenvalue weighted by Crippen LogP contribution is 2.38. The summed E-state index contributed by atoms with van der Waals surface area (Å²) in [6.45, 7) is 3.29. The van der Waals surface area contributed by atoms with Crippen molar-refractivity contribution in [2.24, 2.45) is 0 Å². The summed E-state index contributed by atoms with van der Waals surface area (Å²) in [5, 5.41) is 46.5. The summed E-state index contributed by atoms with van der Waals surface area (Å²) >= 11 is 0. The molecule has 6 heteroatoms. The smallest absolute Gasteiger partial charge is 0.137 e. The lowest BCUT2D eigenvalue weighted by atomic mass is 9.85. The summed E-state index contributed by atoms with van der Waals surface area (Å²) < 4.78 is 5.58. The number of hydrogen-bond acceptors (Lipinski definition) is 6. The third-order valence-corrected chi connectivity index (χ3v) is 3.53. The maximum atomic E-state index is 9.47. The fourth-order valence-electron chi connectivity index (χ4n) is 2.59. The molecule has 0 aromatic heterocycles. The van der Waals surface area contributed by atoms with Crippen LogP contribution in [0.25, 0.3) is 5.57 Å². The van der Waals surface area contributed by atoms with Gasteiger partial charge in [-0.25, -0.2) is 0 Å². The summed E-state index contributed by atoms with van der Waals surface area (Å²) in [7, 11) is 0. The van der Waals surface area contributed by atoms with Gasteiger partial charge in [-0.05, 0) is 32.1 Å². The number of rotatable bonds is 1. The Kier molecular flexibility index (Phi) is 4.67. The van der Waals surface area contributed by atoms with E-state index in [0.717, 1.165) is 0 Å². The van der Waals surface area contributed by atoms with E-state index in [4.69, 9.17) is 10.00 Å². The molecule has 0 fully saturated rings. The van der Waals surface area contributed by atoms with E-state index in [2.05, 4.69) is 0 Å². The van der Waals surface area contributed by atoms with Gasteiger partial charge in [-0.2, -0.15) is 26.3 Å². The average molecular weight is 323 g/mol. The van der Waals surface area contributed by atoms with E-state index in [1.807, 2.05) is 30.3 Å². The molecule has 1 aliphatic heterocycles. The van der Waals surface area contributed by atoms with Gasteiger partial charge in [-0.15, -0.1) is 0 Å². The number of benzene rings is 1. The molecule has 0 radical (unpaired) electrons. The molecule has 0 unspecified atom stereocenters. The fraction of sp³-hybridized carbons (Fsp3) is 0.105. The Labute approximate surface area is 144 Å². The highest BCUT2D eigenvalue weighted by molar-refractivity contribution is 5.91. The minimum absolute atomic E-state index is 0.0919. The molecule has 0 bridgehead atoms. The molecule has 0 N–H and O–H groups in total. The molecule has 1 heterocycles. The molecule has 1 aromatic rings. The Morgan fingerprint density at radius 1 is 0.880 bits per heavy atom. The van der Waals surface area contributed by atoms with Gasteiger partial charge in [-0.3, -0.25) is 0 Å². The van der Waals surface area contributed by atoms with Crippen molar-refractivity contribution in [1.82, 2.24) is 0 Å². The van der Waals surface area contributed by atoms with Crippen LogP contribution in [0.2, 0.25) is 0 Å². The maximum Gasteiger partial charge on any atom is 0.137 e. The first-order chi connectivity index (χ1) is 12.0. The molecular weight excluding hydrogens is 314 g/mol. The van der Waals surface area contributed by atoms with E-state index in [0.29, 0.717) is 17.1 Å². The summed E-state index contributed by atoms with van der Waals surface area (Å²) in [6.07, 6.45) is 1.52. The largest absolute Gasteiger partial charge is 0.466 e. The Morgan fingerprint density at radius 3 is 1.88 bits per heavy atom. The predicted octanol–water partition coefficient (Wildman–Crippen LogP) is 3.31. The third kappa shape index (κ3) is 2.95. The van der Waals surface area contributed by atoms with Gasteiger partial charge in [0.25, 0.3) is 0 Å². The SMILES string of the molecule is CC1=CC(=C(C#N)C#N)C(c2c(C#N)cc(C#N)cc2C#N)=C(C)O1. The monoisotopic (exact) mass is 323 g/mol. The van der Waals surface area contributed by atoms with Gasteiger partial charge in [0.05, 0.1) is 34.9 Å². The first kappa shape index (κ1) is 17.1. The van der Waals surface area contributed by atoms with Crippen molar-refractivity contribution >= 4 is 5.57 Å². The van der Waals surface area contributed by atoms with E-state index in [9.17, 15) is 21.0 Å². The normalized spacial score (nSPS) is 12.5. The van der Waals surface area contributed by atoms with Crippen LogP contribution >= 0.6 is 0 Å². The van der Waals surface area contributed by atoms with Gasteiger partial charge in [0, 0.05) is 16.7 Å². The van der Waals surface area contributed by atoms with E-state index < -0.39 is 0 Å². The third-order valence-electron chi connectivity index (χ3n) is 3.53. The van der Waals surface area contributed by atoms with Crippen LogP contribution in [-0.2, 0) is 4.74 Å². The molecule has 0 aliphatic carbocycles. The summed E-state index contributed by atoms with van der Waals surface area (Å²) in [5.74, 6) is 0.834. The first-order valence-corrected chi connectivity index (χ1v) is 7.01. The topological polar surface area (TPSA) is 128 Å². The molecular formula is C19H9N5O. The van der Waals surface area contributed by atoms with Crippen molar-refractivity contribution in [2.45, 2.75) is 13.8 Å². The lowest BCUT2D eigenvalue weighted by molar-refractivity contribution is 0.307. The maximum absolute atomic E-state index is 9.47. The number of allylic oxidation sites excluding steroid dienone is 6. The number of nitriles is 5. The number of ether oxygens (including phenoxy) is 1. The minimum atomic E-state index is -0.158. The molecule has 0 amide bonds. The zero-order valence-electron chi connectivity index (χ0n) is 13.4. The van der Waals surface area contributed by atoms with Crippen molar-refractivity contribution in [2.75, 3.05) is 0 Å².